The molecule has 0 aliphatic heterocycles. The molecule has 108 valence electrons. The van der Waals surface area contributed by atoms with Crippen molar-refractivity contribution in [2.45, 2.75) is 26.4 Å². The van der Waals surface area contributed by atoms with Crippen LogP contribution < -0.4 is 5.32 Å². The molecule has 1 aromatic carbocycles. The Balaban J connectivity index is 2.10. The van der Waals surface area contributed by atoms with E-state index in [0.717, 1.165) is 22.7 Å². The number of rotatable bonds is 6. The number of anilines is 1. The van der Waals surface area contributed by atoms with E-state index in [1.807, 2.05) is 13.1 Å². The second-order valence-electron chi connectivity index (χ2n) is 4.81. The van der Waals surface area contributed by atoms with Gasteiger partial charge in [0.2, 0.25) is 5.95 Å². The lowest BCUT2D eigenvalue weighted by atomic mass is 10.1. The number of hydrogen-bond acceptors (Lipinski definition) is 3. The molecule has 1 heterocycles. The Kier molecular flexibility index (Phi) is 5.20. The number of aromatic nitrogens is 2. The van der Waals surface area contributed by atoms with Crippen LogP contribution in [0.5, 0.6) is 0 Å². The monoisotopic (exact) mass is 337 g/mol. The summed E-state index contributed by atoms with van der Waals surface area (Å²) in [5.41, 5.74) is 2.23. The largest absolute Gasteiger partial charge is 0.383 e. The zero-order chi connectivity index (χ0) is 14.5. The summed E-state index contributed by atoms with van der Waals surface area (Å²) in [5.74, 6) is 0.884. The molecule has 2 rings (SSSR count). The van der Waals surface area contributed by atoms with E-state index < -0.39 is 0 Å². The van der Waals surface area contributed by atoms with E-state index in [4.69, 9.17) is 4.74 Å². The first-order chi connectivity index (χ1) is 9.60. The smallest absolute Gasteiger partial charge is 0.203 e. The summed E-state index contributed by atoms with van der Waals surface area (Å²) in [4.78, 5) is 4.53. The molecule has 1 N–H and O–H groups in total. The lowest BCUT2D eigenvalue weighted by Gasteiger charge is -2.16. The maximum absolute atomic E-state index is 5.13. The van der Waals surface area contributed by atoms with E-state index in [1.165, 1.54) is 5.56 Å². The fourth-order valence-electron chi connectivity index (χ4n) is 2.05. The molecule has 0 spiro atoms. The van der Waals surface area contributed by atoms with E-state index in [0.29, 0.717) is 6.61 Å². The summed E-state index contributed by atoms with van der Waals surface area (Å²) in [5, 5.41) is 3.46. The average molecular weight is 338 g/mol. The van der Waals surface area contributed by atoms with Crippen LogP contribution in [0.2, 0.25) is 0 Å². The van der Waals surface area contributed by atoms with Crippen LogP contribution >= 0.6 is 15.9 Å². The Morgan fingerprint density at radius 2 is 2.05 bits per heavy atom. The molecule has 2 aromatic rings. The number of halogens is 1. The van der Waals surface area contributed by atoms with Crippen LogP contribution in [-0.4, -0.2) is 23.3 Å². The van der Waals surface area contributed by atoms with Crippen molar-refractivity contribution in [2.24, 2.45) is 0 Å². The average Bonchev–Trinajstić information content (AvgIpc) is 2.77. The minimum Gasteiger partial charge on any atom is -0.383 e. The van der Waals surface area contributed by atoms with Gasteiger partial charge in [0.25, 0.3) is 0 Å². The molecule has 5 heteroatoms. The highest BCUT2D eigenvalue weighted by Crippen LogP contribution is 2.21. The van der Waals surface area contributed by atoms with Crippen LogP contribution in [0.15, 0.2) is 34.9 Å². The minimum atomic E-state index is 0.200. The zero-order valence-corrected chi connectivity index (χ0v) is 13.6. The number of hydrogen-bond donors (Lipinski definition) is 1. The Hall–Kier alpha value is -1.33. The maximum Gasteiger partial charge on any atom is 0.203 e. The van der Waals surface area contributed by atoms with Gasteiger partial charge in [0, 0.05) is 24.3 Å². The predicted molar refractivity (Wildman–Crippen MR) is 85.0 cm³/mol. The third-order valence-electron chi connectivity index (χ3n) is 3.15. The zero-order valence-electron chi connectivity index (χ0n) is 12.1. The number of ether oxygens (including phenoxy) is 1. The Morgan fingerprint density at radius 3 is 2.70 bits per heavy atom. The summed E-state index contributed by atoms with van der Waals surface area (Å²) >= 11 is 3.45. The van der Waals surface area contributed by atoms with Gasteiger partial charge in [-0.1, -0.05) is 28.1 Å². The van der Waals surface area contributed by atoms with E-state index in [1.54, 1.807) is 7.11 Å². The van der Waals surface area contributed by atoms with Crippen LogP contribution in [0.25, 0.3) is 0 Å². The van der Waals surface area contributed by atoms with E-state index in [9.17, 15) is 0 Å². The molecule has 0 radical (unpaired) electrons. The van der Waals surface area contributed by atoms with E-state index in [-0.39, 0.29) is 6.04 Å². The van der Waals surface area contributed by atoms with Crippen molar-refractivity contribution in [2.75, 3.05) is 19.0 Å². The van der Waals surface area contributed by atoms with Crippen molar-refractivity contribution in [3.8, 4) is 0 Å². The van der Waals surface area contributed by atoms with Crippen molar-refractivity contribution in [1.29, 1.82) is 0 Å². The van der Waals surface area contributed by atoms with Gasteiger partial charge in [-0.25, -0.2) is 4.98 Å². The van der Waals surface area contributed by atoms with Crippen LogP contribution in [-0.2, 0) is 11.3 Å². The van der Waals surface area contributed by atoms with Gasteiger partial charge in [-0.3, -0.25) is 0 Å². The first-order valence-electron chi connectivity index (χ1n) is 6.65. The quantitative estimate of drug-likeness (QED) is 0.871. The second-order valence-corrected chi connectivity index (χ2v) is 5.73. The number of aryl methyl sites for hydroxylation is 1. The van der Waals surface area contributed by atoms with Crippen LogP contribution in [0, 0.1) is 6.92 Å². The van der Waals surface area contributed by atoms with Crippen LogP contribution in [0.3, 0.4) is 0 Å². The van der Waals surface area contributed by atoms with E-state index >= 15 is 0 Å². The highest BCUT2D eigenvalue weighted by Gasteiger charge is 2.10. The molecule has 0 saturated carbocycles. The van der Waals surface area contributed by atoms with Crippen molar-refractivity contribution in [3.63, 3.8) is 0 Å². The molecule has 0 bridgehead atoms. The third kappa shape index (κ3) is 3.84. The number of methoxy groups -OCH3 is 1. The summed E-state index contributed by atoms with van der Waals surface area (Å²) in [6.07, 6.45) is 2.04. The first-order valence-corrected chi connectivity index (χ1v) is 7.44. The fourth-order valence-corrected chi connectivity index (χ4v) is 2.31. The summed E-state index contributed by atoms with van der Waals surface area (Å²) in [6.45, 7) is 5.61. The highest BCUT2D eigenvalue weighted by atomic mass is 79.9. The minimum absolute atomic E-state index is 0.200. The molecule has 0 amide bonds. The fraction of sp³-hybridized carbons (Fsp3) is 0.400. The normalized spacial score (nSPS) is 12.4. The third-order valence-corrected chi connectivity index (χ3v) is 3.68. The van der Waals surface area contributed by atoms with Gasteiger partial charge < -0.3 is 14.6 Å². The number of benzene rings is 1. The Morgan fingerprint density at radius 1 is 1.35 bits per heavy atom. The van der Waals surface area contributed by atoms with Gasteiger partial charge in [0.1, 0.15) is 0 Å². The highest BCUT2D eigenvalue weighted by molar-refractivity contribution is 9.10. The SMILES string of the molecule is COCCn1cc(C)nc1NC(C)c1ccc(Br)cc1. The van der Waals surface area contributed by atoms with Gasteiger partial charge in [-0.05, 0) is 31.5 Å². The number of nitrogens with one attached hydrogen (secondary N) is 1. The molecule has 0 saturated heterocycles. The summed E-state index contributed by atoms with van der Waals surface area (Å²) in [6, 6.07) is 8.52. The first kappa shape index (κ1) is 15.1. The Bertz CT molecular complexity index is 551. The molecule has 1 aromatic heterocycles. The van der Waals surface area contributed by atoms with Gasteiger partial charge in [0.05, 0.1) is 18.3 Å². The molecule has 1 unspecified atom stereocenters. The van der Waals surface area contributed by atoms with Gasteiger partial charge in [0.15, 0.2) is 0 Å². The van der Waals surface area contributed by atoms with Crippen LogP contribution in [0.4, 0.5) is 5.95 Å². The van der Waals surface area contributed by atoms with Crippen molar-refractivity contribution >= 4 is 21.9 Å². The standard InChI is InChI=1S/C15H20BrN3O/c1-11-10-19(8-9-20-3)15(17-11)18-12(2)13-4-6-14(16)7-5-13/h4-7,10,12H,8-9H2,1-3H3,(H,17,18). The van der Waals surface area contributed by atoms with Crippen molar-refractivity contribution in [3.05, 3.63) is 46.2 Å². The lowest BCUT2D eigenvalue weighted by molar-refractivity contribution is 0.187. The summed E-state index contributed by atoms with van der Waals surface area (Å²) < 4.78 is 8.31. The molecule has 0 aliphatic carbocycles. The number of imidazole rings is 1. The Labute approximate surface area is 128 Å². The van der Waals surface area contributed by atoms with Gasteiger partial charge in [-0.15, -0.1) is 0 Å². The van der Waals surface area contributed by atoms with Gasteiger partial charge >= 0.3 is 0 Å². The lowest BCUT2D eigenvalue weighted by Crippen LogP contribution is -2.13. The molecule has 1 atom stereocenters. The maximum atomic E-state index is 5.13. The van der Waals surface area contributed by atoms with Gasteiger partial charge in [-0.2, -0.15) is 0 Å². The van der Waals surface area contributed by atoms with Crippen LogP contribution in [0.1, 0.15) is 24.2 Å². The topological polar surface area (TPSA) is 39.1 Å². The predicted octanol–water partition coefficient (Wildman–Crippen LogP) is 3.77. The molecular formula is C15H20BrN3O. The van der Waals surface area contributed by atoms with Crippen molar-refractivity contribution < 1.29 is 4.74 Å². The summed E-state index contributed by atoms with van der Waals surface area (Å²) in [7, 11) is 1.71. The molecular weight excluding hydrogens is 318 g/mol. The second kappa shape index (κ2) is 6.90. The van der Waals surface area contributed by atoms with Crippen molar-refractivity contribution in [1.82, 2.24) is 9.55 Å². The number of nitrogens with zero attached hydrogens (tertiary/aromatic N) is 2. The molecule has 0 aliphatic rings. The van der Waals surface area contributed by atoms with E-state index in [2.05, 4.69) is 62.0 Å². The molecule has 20 heavy (non-hydrogen) atoms. The molecule has 4 nitrogen and oxygen atoms in total. The molecule has 0 fully saturated rings.